The van der Waals surface area contributed by atoms with E-state index in [9.17, 15) is 4.79 Å². The Kier molecular flexibility index (Phi) is 10.7. The third-order valence-corrected chi connectivity index (χ3v) is 7.03. The molecule has 3 aromatic rings. The van der Waals surface area contributed by atoms with Gasteiger partial charge in [0.15, 0.2) is 11.4 Å². The van der Waals surface area contributed by atoms with Crippen molar-refractivity contribution in [3.8, 4) is 0 Å². The van der Waals surface area contributed by atoms with Crippen LogP contribution in [0.1, 0.15) is 23.6 Å². The highest BCUT2D eigenvalue weighted by Gasteiger charge is 2.48. The third kappa shape index (κ3) is 8.23. The maximum absolute atomic E-state index is 11.8. The zero-order valence-electron chi connectivity index (χ0n) is 21.2. The minimum Gasteiger partial charge on any atom is -0.368 e. The van der Waals surface area contributed by atoms with Crippen molar-refractivity contribution in [3.05, 3.63) is 108 Å². The van der Waals surface area contributed by atoms with Crippen LogP contribution in [0.2, 0.25) is 0 Å². The van der Waals surface area contributed by atoms with Gasteiger partial charge in [-0.3, -0.25) is 4.79 Å². The van der Waals surface area contributed by atoms with E-state index in [1.54, 1.807) is 14.0 Å². The van der Waals surface area contributed by atoms with Crippen molar-refractivity contribution in [2.75, 3.05) is 12.9 Å². The fraction of sp³-hybridized carbons (Fsp3) is 0.367. The number of rotatable bonds is 12. The Morgan fingerprint density at radius 1 is 0.703 bits per heavy atom. The van der Waals surface area contributed by atoms with E-state index in [-0.39, 0.29) is 5.12 Å². The normalized spacial score (nSPS) is 23.6. The molecule has 0 bridgehead atoms. The summed E-state index contributed by atoms with van der Waals surface area (Å²) in [5.41, 5.74) is 3.12. The number of methoxy groups -OCH3 is 1. The van der Waals surface area contributed by atoms with Crippen molar-refractivity contribution in [3.63, 3.8) is 0 Å². The van der Waals surface area contributed by atoms with E-state index in [4.69, 9.17) is 23.7 Å². The molecule has 1 aliphatic rings. The smallest absolute Gasteiger partial charge is 0.186 e. The molecule has 0 unspecified atom stereocenters. The molecule has 0 saturated carbocycles. The molecule has 0 amide bonds. The summed E-state index contributed by atoms with van der Waals surface area (Å²) in [4.78, 5) is 11.8. The Morgan fingerprint density at radius 2 is 1.14 bits per heavy atom. The van der Waals surface area contributed by atoms with Crippen LogP contribution in [0.3, 0.4) is 0 Å². The molecule has 1 heterocycles. The standard InChI is InChI=1S/C30H34O6S/c1-22(31)37-21-26-27(33-18-23-12-6-3-7-13-23)28(34-19-24-14-8-4-9-15-24)29(30(32-2)36-26)35-20-25-16-10-5-11-17-25/h3-17,26-30H,18-21H2,1-2H3/t26-,27-,28-,29-,30-/m1/s1. The van der Waals surface area contributed by atoms with E-state index in [0.29, 0.717) is 25.6 Å². The van der Waals surface area contributed by atoms with Gasteiger partial charge in [-0.1, -0.05) is 103 Å². The average molecular weight is 523 g/mol. The van der Waals surface area contributed by atoms with E-state index in [0.717, 1.165) is 16.7 Å². The van der Waals surface area contributed by atoms with Gasteiger partial charge in [0.1, 0.15) is 18.3 Å². The summed E-state index contributed by atoms with van der Waals surface area (Å²) in [6.07, 6.45) is -2.64. The second-order valence-corrected chi connectivity index (χ2v) is 10.1. The van der Waals surface area contributed by atoms with Crippen molar-refractivity contribution in [2.24, 2.45) is 0 Å². The molecule has 1 fully saturated rings. The molecule has 5 atom stereocenters. The van der Waals surface area contributed by atoms with Crippen molar-refractivity contribution < 1.29 is 28.5 Å². The van der Waals surface area contributed by atoms with Crippen molar-refractivity contribution in [1.82, 2.24) is 0 Å². The lowest BCUT2D eigenvalue weighted by atomic mass is 9.98. The molecule has 1 aliphatic heterocycles. The maximum Gasteiger partial charge on any atom is 0.186 e. The first-order valence-electron chi connectivity index (χ1n) is 12.4. The summed E-state index contributed by atoms with van der Waals surface area (Å²) in [5, 5.41) is 0.0172. The molecule has 3 aromatic carbocycles. The van der Waals surface area contributed by atoms with Crippen LogP contribution in [0.15, 0.2) is 91.0 Å². The molecule has 0 radical (unpaired) electrons. The molecule has 6 nitrogen and oxygen atoms in total. The highest BCUT2D eigenvalue weighted by Crippen LogP contribution is 2.32. The number of carbonyl (C=O) groups is 1. The first kappa shape index (κ1) is 27.5. The van der Waals surface area contributed by atoms with Gasteiger partial charge in [0.2, 0.25) is 0 Å². The Morgan fingerprint density at radius 3 is 1.57 bits per heavy atom. The number of benzene rings is 3. The minimum atomic E-state index is -0.682. The highest BCUT2D eigenvalue weighted by atomic mass is 32.2. The molecule has 0 aliphatic carbocycles. The predicted octanol–water partition coefficient (Wildman–Crippen LogP) is 5.39. The minimum absolute atomic E-state index is 0.0172. The number of hydrogen-bond donors (Lipinski definition) is 0. The van der Waals surface area contributed by atoms with Crippen LogP contribution < -0.4 is 0 Å². The van der Waals surface area contributed by atoms with Gasteiger partial charge in [-0.25, -0.2) is 0 Å². The summed E-state index contributed by atoms with van der Waals surface area (Å²) in [5.74, 6) is 0.422. The zero-order chi connectivity index (χ0) is 25.9. The Labute approximate surface area is 223 Å². The lowest BCUT2D eigenvalue weighted by Gasteiger charge is -2.45. The SMILES string of the molecule is CO[C@@H]1O[C@H](CSC(C)=O)[C@@H](OCc2ccccc2)[C@@H](OCc2ccccc2)[C@H]1OCc1ccccc1. The highest BCUT2D eigenvalue weighted by molar-refractivity contribution is 8.13. The lowest BCUT2D eigenvalue weighted by Crippen LogP contribution is -2.61. The number of thioether (sulfide) groups is 1. The molecule has 37 heavy (non-hydrogen) atoms. The third-order valence-electron chi connectivity index (χ3n) is 6.13. The van der Waals surface area contributed by atoms with Crippen LogP contribution >= 0.6 is 11.8 Å². The average Bonchev–Trinajstić information content (AvgIpc) is 2.94. The second kappa shape index (κ2) is 14.4. The van der Waals surface area contributed by atoms with Gasteiger partial charge >= 0.3 is 0 Å². The van der Waals surface area contributed by atoms with E-state index < -0.39 is 30.7 Å². The van der Waals surface area contributed by atoms with Crippen LogP contribution in [0.4, 0.5) is 0 Å². The topological polar surface area (TPSA) is 63.2 Å². The molecule has 7 heteroatoms. The van der Waals surface area contributed by atoms with Crippen molar-refractivity contribution >= 4 is 16.9 Å². The van der Waals surface area contributed by atoms with Gasteiger partial charge in [0.25, 0.3) is 0 Å². The quantitative estimate of drug-likeness (QED) is 0.316. The molecule has 1 saturated heterocycles. The monoisotopic (exact) mass is 522 g/mol. The van der Waals surface area contributed by atoms with Gasteiger partial charge in [0, 0.05) is 19.8 Å². The van der Waals surface area contributed by atoms with E-state index in [2.05, 4.69) is 0 Å². The molecule has 0 aromatic heterocycles. The van der Waals surface area contributed by atoms with Gasteiger partial charge in [0.05, 0.1) is 25.9 Å². The largest absolute Gasteiger partial charge is 0.368 e. The van der Waals surface area contributed by atoms with E-state index >= 15 is 0 Å². The van der Waals surface area contributed by atoms with Crippen LogP contribution in [-0.2, 0) is 48.3 Å². The first-order valence-corrected chi connectivity index (χ1v) is 13.4. The molecular weight excluding hydrogens is 488 g/mol. The van der Waals surface area contributed by atoms with Crippen molar-refractivity contribution in [1.29, 1.82) is 0 Å². The summed E-state index contributed by atoms with van der Waals surface area (Å²) in [6.45, 7) is 2.68. The Hall–Kier alpha value is -2.52. The van der Waals surface area contributed by atoms with Crippen molar-refractivity contribution in [2.45, 2.75) is 57.5 Å². The first-order chi connectivity index (χ1) is 18.1. The fourth-order valence-corrected chi connectivity index (χ4v) is 4.94. The Bertz CT molecular complexity index is 1070. The van der Waals surface area contributed by atoms with Gasteiger partial charge in [-0.2, -0.15) is 0 Å². The van der Waals surface area contributed by atoms with E-state index in [1.165, 1.54) is 11.8 Å². The molecule has 4 rings (SSSR count). The lowest BCUT2D eigenvalue weighted by molar-refractivity contribution is -0.313. The molecule has 0 N–H and O–H groups in total. The molecular formula is C30H34O6S. The van der Waals surface area contributed by atoms with Gasteiger partial charge in [-0.15, -0.1) is 0 Å². The fourth-order valence-electron chi connectivity index (χ4n) is 4.27. The summed E-state index contributed by atoms with van der Waals surface area (Å²) in [6, 6.07) is 29.9. The summed E-state index contributed by atoms with van der Waals surface area (Å²) in [7, 11) is 1.60. The van der Waals surface area contributed by atoms with Gasteiger partial charge < -0.3 is 23.7 Å². The maximum atomic E-state index is 11.8. The number of hydrogen-bond acceptors (Lipinski definition) is 7. The van der Waals surface area contributed by atoms with Crippen LogP contribution in [0.25, 0.3) is 0 Å². The molecule has 0 spiro atoms. The van der Waals surface area contributed by atoms with Crippen LogP contribution in [0, 0.1) is 0 Å². The number of carbonyl (C=O) groups excluding carboxylic acids is 1. The van der Waals surface area contributed by atoms with Crippen LogP contribution in [0.5, 0.6) is 0 Å². The van der Waals surface area contributed by atoms with Gasteiger partial charge in [-0.05, 0) is 16.7 Å². The Balaban J connectivity index is 1.60. The number of ether oxygens (including phenoxy) is 5. The zero-order valence-corrected chi connectivity index (χ0v) is 22.0. The predicted molar refractivity (Wildman–Crippen MR) is 144 cm³/mol. The summed E-state index contributed by atoms with van der Waals surface area (Å²) < 4.78 is 31.5. The van der Waals surface area contributed by atoms with Crippen LogP contribution in [-0.4, -0.2) is 48.7 Å². The second-order valence-electron chi connectivity index (χ2n) is 8.86. The van der Waals surface area contributed by atoms with E-state index in [1.807, 2.05) is 91.0 Å². The molecule has 196 valence electrons. The summed E-state index contributed by atoms with van der Waals surface area (Å²) >= 11 is 1.21.